The number of carbonyl (C=O) groups excluding carboxylic acids is 4. The number of piperidine rings is 1. The minimum Gasteiger partial charge on any atom is -0.508 e. The third-order valence-electron chi connectivity index (χ3n) is 10.4. The van der Waals surface area contributed by atoms with Gasteiger partial charge >= 0.3 is 0 Å². The van der Waals surface area contributed by atoms with Crippen molar-refractivity contribution in [3.05, 3.63) is 130 Å². The van der Waals surface area contributed by atoms with Crippen molar-refractivity contribution in [1.82, 2.24) is 20.1 Å². The molecule has 2 unspecified atom stereocenters. The molecule has 3 N–H and O–H groups in total. The molecule has 8 rings (SSSR count). The highest BCUT2D eigenvalue weighted by atomic mass is 32.1. The quantitative estimate of drug-likeness (QED) is 0.161. The molecule has 0 aliphatic carbocycles. The number of halogens is 1. The highest BCUT2D eigenvalue weighted by Crippen LogP contribution is 2.38. The number of hydrogen-bond acceptors (Lipinski definition) is 9. The molecule has 2 atom stereocenters. The number of benzene rings is 4. The van der Waals surface area contributed by atoms with Gasteiger partial charge in [-0.05, 0) is 70.6 Å². The molecule has 13 heteroatoms. The molecule has 3 aliphatic rings. The van der Waals surface area contributed by atoms with E-state index in [4.69, 9.17) is 0 Å². The van der Waals surface area contributed by atoms with Crippen LogP contribution in [-0.4, -0.2) is 69.7 Å². The van der Waals surface area contributed by atoms with Gasteiger partial charge in [0, 0.05) is 74.1 Å². The number of aromatic hydroxyl groups is 1. The van der Waals surface area contributed by atoms with Crippen LogP contribution in [0.25, 0.3) is 11.1 Å². The number of nitrogens with zero attached hydrogens (tertiary/aromatic N) is 4. The number of phenols is 1. The molecule has 3 aliphatic heterocycles. The van der Waals surface area contributed by atoms with Gasteiger partial charge in [-0.1, -0.05) is 48.5 Å². The maximum Gasteiger partial charge on any atom is 0.255 e. The molecular weight excluding hydrogens is 708 g/mol. The van der Waals surface area contributed by atoms with Crippen LogP contribution in [0.1, 0.15) is 57.4 Å². The number of nitrogens with one attached hydrogen (secondary N) is 2. The SMILES string of the molecule is O=C1CCC(c2cccc(CN3CCN(c4ccc(-c5ccc6c(c5)C(=O)N(C(C(=O)Nc5nccs5)c5cc(F)ccc5O)C6)cc4)CC3)c2)C(=O)N1. The van der Waals surface area contributed by atoms with Crippen LogP contribution in [0.3, 0.4) is 0 Å². The first-order chi connectivity index (χ1) is 26.2. The summed E-state index contributed by atoms with van der Waals surface area (Å²) in [4.78, 5) is 61.7. The van der Waals surface area contributed by atoms with Crippen LogP contribution in [0.4, 0.5) is 15.2 Å². The Morgan fingerprint density at radius 1 is 0.963 bits per heavy atom. The molecule has 0 saturated carbocycles. The zero-order valence-corrected chi connectivity index (χ0v) is 30.0. The monoisotopic (exact) mass is 744 g/mol. The van der Waals surface area contributed by atoms with Crippen molar-refractivity contribution >= 4 is 45.8 Å². The van der Waals surface area contributed by atoms with Gasteiger partial charge in [0.15, 0.2) is 5.13 Å². The lowest BCUT2D eigenvalue weighted by molar-refractivity contribution is -0.134. The summed E-state index contributed by atoms with van der Waals surface area (Å²) in [6.45, 7) is 4.36. The van der Waals surface area contributed by atoms with Gasteiger partial charge in [0.05, 0.1) is 5.92 Å². The summed E-state index contributed by atoms with van der Waals surface area (Å²) in [7, 11) is 0. The Morgan fingerprint density at radius 2 is 1.76 bits per heavy atom. The Morgan fingerprint density at radius 3 is 2.52 bits per heavy atom. The normalized spacial score (nSPS) is 18.0. The lowest BCUT2D eigenvalue weighted by Crippen LogP contribution is -2.46. The van der Waals surface area contributed by atoms with Crippen LogP contribution >= 0.6 is 11.3 Å². The van der Waals surface area contributed by atoms with Gasteiger partial charge in [-0.15, -0.1) is 11.3 Å². The Bertz CT molecular complexity index is 2240. The molecule has 274 valence electrons. The van der Waals surface area contributed by atoms with Gasteiger partial charge in [-0.25, -0.2) is 9.37 Å². The number of anilines is 2. The van der Waals surface area contributed by atoms with Crippen molar-refractivity contribution in [3.8, 4) is 16.9 Å². The van der Waals surface area contributed by atoms with Gasteiger partial charge in [-0.2, -0.15) is 0 Å². The second-order valence-corrected chi connectivity index (χ2v) is 14.7. The van der Waals surface area contributed by atoms with Crippen molar-refractivity contribution in [2.75, 3.05) is 36.4 Å². The number of fused-ring (bicyclic) bond motifs is 1. The van der Waals surface area contributed by atoms with Gasteiger partial charge in [0.2, 0.25) is 11.8 Å². The van der Waals surface area contributed by atoms with Crippen LogP contribution in [0.2, 0.25) is 0 Å². The first-order valence-corrected chi connectivity index (χ1v) is 18.7. The van der Waals surface area contributed by atoms with Crippen molar-refractivity contribution in [1.29, 1.82) is 0 Å². The number of thiazole rings is 1. The van der Waals surface area contributed by atoms with Crippen molar-refractivity contribution in [3.63, 3.8) is 0 Å². The van der Waals surface area contributed by atoms with E-state index in [0.29, 0.717) is 23.5 Å². The first kappa shape index (κ1) is 35.1. The molecule has 0 spiro atoms. The van der Waals surface area contributed by atoms with E-state index in [1.807, 2.05) is 42.5 Å². The predicted molar refractivity (Wildman–Crippen MR) is 202 cm³/mol. The van der Waals surface area contributed by atoms with Gasteiger partial charge < -0.3 is 14.9 Å². The number of aromatic nitrogens is 1. The summed E-state index contributed by atoms with van der Waals surface area (Å²) in [5.74, 6) is -2.66. The van der Waals surface area contributed by atoms with Crippen LogP contribution < -0.4 is 15.5 Å². The van der Waals surface area contributed by atoms with Crippen LogP contribution in [0.15, 0.2) is 96.5 Å². The summed E-state index contributed by atoms with van der Waals surface area (Å²) in [6, 6.07) is 24.1. The summed E-state index contributed by atoms with van der Waals surface area (Å²) < 4.78 is 14.4. The first-order valence-electron chi connectivity index (χ1n) is 17.8. The molecule has 1 aromatic heterocycles. The van der Waals surface area contributed by atoms with Crippen LogP contribution in [0, 0.1) is 5.82 Å². The largest absolute Gasteiger partial charge is 0.508 e. The fourth-order valence-corrected chi connectivity index (χ4v) is 8.10. The topological polar surface area (TPSA) is 135 Å². The molecule has 2 saturated heterocycles. The molecule has 0 bridgehead atoms. The van der Waals surface area contributed by atoms with Crippen LogP contribution in [0.5, 0.6) is 5.75 Å². The van der Waals surface area contributed by atoms with E-state index < -0.39 is 23.7 Å². The Balaban J connectivity index is 0.923. The molecule has 5 aromatic rings. The number of carbonyl (C=O) groups is 4. The van der Waals surface area contributed by atoms with E-state index in [0.717, 1.165) is 78.4 Å². The van der Waals surface area contributed by atoms with E-state index in [2.05, 4.69) is 49.7 Å². The number of piperazine rings is 1. The third kappa shape index (κ3) is 7.20. The molecule has 54 heavy (non-hydrogen) atoms. The predicted octanol–water partition coefficient (Wildman–Crippen LogP) is 5.83. The summed E-state index contributed by atoms with van der Waals surface area (Å²) in [5.41, 5.74) is 6.13. The Hall–Kier alpha value is -5.92. The van der Waals surface area contributed by atoms with E-state index in [1.54, 1.807) is 5.38 Å². The van der Waals surface area contributed by atoms with E-state index >= 15 is 0 Å². The lowest BCUT2D eigenvalue weighted by atomic mass is 9.89. The third-order valence-corrected chi connectivity index (χ3v) is 11.1. The molecule has 4 aromatic carbocycles. The van der Waals surface area contributed by atoms with E-state index in [1.165, 1.54) is 28.5 Å². The number of imide groups is 1. The Kier molecular flexibility index (Phi) is 9.65. The standard InChI is InChI=1S/C41H37FN6O5S/c42-30-8-12-35(49)34(22-30)37(39(52)45-41-43-14-19-54-41)48-24-29-5-4-27(21-33(29)40(48)53)26-6-9-31(10-7-26)47-17-15-46(16-18-47)23-25-2-1-3-28(20-25)32-11-13-36(50)44-38(32)51/h1-10,12,14,19-22,32,37,49H,11,13,15-18,23-24H2,(H,43,45,52)(H,44,50,51). The molecular formula is C41H37FN6O5S. The van der Waals surface area contributed by atoms with Crippen molar-refractivity contribution in [2.45, 2.75) is 37.9 Å². The zero-order chi connectivity index (χ0) is 37.3. The summed E-state index contributed by atoms with van der Waals surface area (Å²) >= 11 is 1.21. The molecule has 0 radical (unpaired) electrons. The fourth-order valence-electron chi connectivity index (χ4n) is 7.57. The van der Waals surface area contributed by atoms with E-state index in [9.17, 15) is 28.7 Å². The lowest BCUT2D eigenvalue weighted by Gasteiger charge is -2.36. The fraction of sp³-hybridized carbons (Fsp3) is 0.244. The Labute approximate surface area is 315 Å². The zero-order valence-electron chi connectivity index (χ0n) is 29.2. The summed E-state index contributed by atoms with van der Waals surface area (Å²) in [6.07, 6.45) is 2.43. The van der Waals surface area contributed by atoms with Crippen molar-refractivity contribution < 1.29 is 28.7 Å². The molecule has 11 nitrogen and oxygen atoms in total. The molecule has 4 amide bonds. The molecule has 4 heterocycles. The van der Waals surface area contributed by atoms with Crippen molar-refractivity contribution in [2.24, 2.45) is 0 Å². The number of hydrogen-bond donors (Lipinski definition) is 3. The highest BCUT2D eigenvalue weighted by molar-refractivity contribution is 7.13. The second kappa shape index (κ2) is 14.8. The maximum absolute atomic E-state index is 14.4. The van der Waals surface area contributed by atoms with E-state index in [-0.39, 0.29) is 35.6 Å². The minimum absolute atomic E-state index is 0.0131. The smallest absolute Gasteiger partial charge is 0.255 e. The number of rotatable bonds is 9. The van der Waals surface area contributed by atoms with Gasteiger partial charge in [0.25, 0.3) is 11.8 Å². The van der Waals surface area contributed by atoms with Gasteiger partial charge in [0.1, 0.15) is 17.6 Å². The number of amides is 4. The molecule has 2 fully saturated rings. The average molecular weight is 745 g/mol. The summed E-state index contributed by atoms with van der Waals surface area (Å²) in [5, 5.41) is 17.9. The maximum atomic E-state index is 14.4. The second-order valence-electron chi connectivity index (χ2n) is 13.8. The van der Waals surface area contributed by atoms with Crippen LogP contribution in [-0.2, 0) is 27.5 Å². The highest BCUT2D eigenvalue weighted by Gasteiger charge is 2.39. The minimum atomic E-state index is -1.30. The average Bonchev–Trinajstić information content (AvgIpc) is 3.81. The number of phenolic OH excluding ortho intramolecular Hbond substituents is 1. The van der Waals surface area contributed by atoms with Gasteiger partial charge in [-0.3, -0.25) is 34.7 Å².